The van der Waals surface area contributed by atoms with E-state index >= 15 is 0 Å². The Morgan fingerprint density at radius 2 is 1.65 bits per heavy atom. The van der Waals surface area contributed by atoms with E-state index < -0.39 is 0 Å². The highest BCUT2D eigenvalue weighted by Gasteiger charge is 2.13. The highest BCUT2D eigenvalue weighted by atomic mass is 35.5. The maximum absolute atomic E-state index is 6.04. The van der Waals surface area contributed by atoms with Crippen molar-refractivity contribution >= 4 is 11.6 Å². The van der Waals surface area contributed by atoms with Crippen LogP contribution in [0.15, 0.2) is 54.6 Å². The van der Waals surface area contributed by atoms with Crippen molar-refractivity contribution in [2.75, 3.05) is 33.7 Å². The number of rotatable bonds is 9. The molecule has 0 saturated carbocycles. The average Bonchev–Trinajstić information content (AvgIpc) is 2.55. The van der Waals surface area contributed by atoms with Gasteiger partial charge < -0.3 is 10.2 Å². The molecule has 2 aromatic rings. The highest BCUT2D eigenvalue weighted by molar-refractivity contribution is 6.30. The molecule has 0 spiro atoms. The maximum Gasteiger partial charge on any atom is 0.126 e. The Balaban J connectivity index is 1.95. The number of nitrogens with two attached hydrogens (primary N) is 1. The molecule has 1 atom stereocenters. The standard InChI is InChI=1S/C20H27ClN2/c1-23(2)15-14-22-13-12-19(16-17-6-4-3-5-7-17)18-8-10-20(21)11-9-18/h3-11,19,22H,12-16H2,1-2H3/p+2/t19-/m1/s1. The first-order chi connectivity index (χ1) is 11.1. The van der Waals surface area contributed by atoms with Crippen molar-refractivity contribution in [3.05, 3.63) is 70.7 Å². The zero-order chi connectivity index (χ0) is 16.5. The fourth-order valence-electron chi connectivity index (χ4n) is 2.87. The third-order valence-electron chi connectivity index (χ3n) is 4.23. The zero-order valence-electron chi connectivity index (χ0n) is 14.3. The molecule has 2 aromatic carbocycles. The van der Waals surface area contributed by atoms with Gasteiger partial charge in [-0.15, -0.1) is 0 Å². The minimum absolute atomic E-state index is 0.553. The minimum Gasteiger partial charge on any atom is -0.342 e. The third kappa shape index (κ3) is 6.74. The summed E-state index contributed by atoms with van der Waals surface area (Å²) < 4.78 is 0. The number of hydrogen-bond donors (Lipinski definition) is 2. The Morgan fingerprint density at radius 3 is 2.30 bits per heavy atom. The van der Waals surface area contributed by atoms with E-state index in [9.17, 15) is 0 Å². The first-order valence-corrected chi connectivity index (χ1v) is 8.93. The van der Waals surface area contributed by atoms with Crippen molar-refractivity contribution in [3.63, 3.8) is 0 Å². The topological polar surface area (TPSA) is 21.1 Å². The molecule has 0 saturated heterocycles. The van der Waals surface area contributed by atoms with Gasteiger partial charge in [0.2, 0.25) is 0 Å². The van der Waals surface area contributed by atoms with Crippen molar-refractivity contribution in [2.45, 2.75) is 18.8 Å². The Morgan fingerprint density at radius 1 is 0.957 bits per heavy atom. The molecule has 0 aliphatic heterocycles. The van der Waals surface area contributed by atoms with Crippen LogP contribution in [-0.2, 0) is 6.42 Å². The summed E-state index contributed by atoms with van der Waals surface area (Å²) in [7, 11) is 4.42. The van der Waals surface area contributed by atoms with Crippen molar-refractivity contribution < 1.29 is 10.2 Å². The predicted octanol–water partition coefficient (Wildman–Crippen LogP) is 1.76. The predicted molar refractivity (Wildman–Crippen MR) is 98.3 cm³/mol. The van der Waals surface area contributed by atoms with E-state index in [1.165, 1.54) is 42.1 Å². The van der Waals surface area contributed by atoms with Crippen molar-refractivity contribution in [3.8, 4) is 0 Å². The summed E-state index contributed by atoms with van der Waals surface area (Å²) >= 11 is 6.04. The Kier molecular flexibility index (Phi) is 7.60. The molecular weight excluding hydrogens is 304 g/mol. The molecular formula is C20H29ClN2+2. The third-order valence-corrected chi connectivity index (χ3v) is 4.49. The van der Waals surface area contributed by atoms with Gasteiger partial charge in [-0.25, -0.2) is 0 Å². The average molecular weight is 333 g/mol. The summed E-state index contributed by atoms with van der Waals surface area (Å²) in [4.78, 5) is 1.51. The molecule has 0 amide bonds. The molecule has 0 bridgehead atoms. The lowest BCUT2D eigenvalue weighted by Gasteiger charge is -2.17. The second-order valence-corrected chi connectivity index (χ2v) is 6.99. The highest BCUT2D eigenvalue weighted by Crippen LogP contribution is 2.25. The number of quaternary nitrogens is 2. The SMILES string of the molecule is C[NH+](C)CC[NH2+]CC[C@H](Cc1ccccc1)c1ccc(Cl)cc1. The van der Waals surface area contributed by atoms with Crippen LogP contribution in [-0.4, -0.2) is 33.7 Å². The first-order valence-electron chi connectivity index (χ1n) is 8.55. The summed E-state index contributed by atoms with van der Waals surface area (Å²) in [5, 5.41) is 3.26. The second kappa shape index (κ2) is 9.71. The van der Waals surface area contributed by atoms with Crippen molar-refractivity contribution in [1.29, 1.82) is 0 Å². The number of nitrogens with one attached hydrogen (secondary N) is 1. The molecule has 23 heavy (non-hydrogen) atoms. The summed E-state index contributed by atoms with van der Waals surface area (Å²) in [6.07, 6.45) is 2.29. The van der Waals surface area contributed by atoms with Crippen LogP contribution in [0, 0.1) is 0 Å². The van der Waals surface area contributed by atoms with E-state index in [0.29, 0.717) is 5.92 Å². The summed E-state index contributed by atoms with van der Waals surface area (Å²) in [6.45, 7) is 3.58. The molecule has 0 aliphatic carbocycles. The van der Waals surface area contributed by atoms with Gasteiger partial charge in [-0.2, -0.15) is 0 Å². The van der Waals surface area contributed by atoms with Gasteiger partial charge in [0, 0.05) is 11.4 Å². The number of likely N-dealkylation sites (N-methyl/N-ethyl adjacent to an activating group) is 1. The lowest BCUT2D eigenvalue weighted by atomic mass is 9.89. The van der Waals surface area contributed by atoms with Crippen LogP contribution in [0.4, 0.5) is 0 Å². The van der Waals surface area contributed by atoms with Gasteiger partial charge in [-0.05, 0) is 35.6 Å². The van der Waals surface area contributed by atoms with Gasteiger partial charge >= 0.3 is 0 Å². The van der Waals surface area contributed by atoms with Crippen LogP contribution >= 0.6 is 11.6 Å². The lowest BCUT2D eigenvalue weighted by molar-refractivity contribution is -0.874. The smallest absolute Gasteiger partial charge is 0.126 e. The van der Waals surface area contributed by atoms with Gasteiger partial charge in [-0.3, -0.25) is 0 Å². The van der Waals surface area contributed by atoms with Crippen LogP contribution in [0.5, 0.6) is 0 Å². The van der Waals surface area contributed by atoms with Crippen molar-refractivity contribution in [1.82, 2.24) is 0 Å². The summed E-state index contributed by atoms with van der Waals surface area (Å²) in [6, 6.07) is 19.2. The Bertz CT molecular complexity index is 552. The van der Waals surface area contributed by atoms with Crippen LogP contribution in [0.3, 0.4) is 0 Å². The molecule has 2 nitrogen and oxygen atoms in total. The van der Waals surface area contributed by atoms with Crippen LogP contribution in [0.25, 0.3) is 0 Å². The van der Waals surface area contributed by atoms with Crippen LogP contribution in [0.1, 0.15) is 23.5 Å². The number of benzene rings is 2. The summed E-state index contributed by atoms with van der Waals surface area (Å²) in [5.74, 6) is 0.553. The molecule has 0 unspecified atom stereocenters. The van der Waals surface area contributed by atoms with E-state index in [0.717, 1.165) is 11.4 Å². The molecule has 0 radical (unpaired) electrons. The molecule has 124 valence electrons. The monoisotopic (exact) mass is 332 g/mol. The van der Waals surface area contributed by atoms with Gasteiger partial charge in [0.15, 0.2) is 0 Å². The zero-order valence-corrected chi connectivity index (χ0v) is 15.0. The molecule has 0 heterocycles. The Labute approximate surface area is 145 Å². The minimum atomic E-state index is 0.553. The van der Waals surface area contributed by atoms with Crippen LogP contribution < -0.4 is 10.2 Å². The fourth-order valence-corrected chi connectivity index (χ4v) is 3.00. The fraction of sp³-hybridized carbons (Fsp3) is 0.400. The summed E-state index contributed by atoms with van der Waals surface area (Å²) in [5.41, 5.74) is 2.80. The van der Waals surface area contributed by atoms with E-state index in [1.54, 1.807) is 0 Å². The first kappa shape index (κ1) is 18.0. The maximum atomic E-state index is 6.04. The molecule has 0 aliphatic rings. The molecule has 0 aromatic heterocycles. The van der Waals surface area contributed by atoms with Crippen LogP contribution in [0.2, 0.25) is 5.02 Å². The van der Waals surface area contributed by atoms with Gasteiger partial charge in [0.25, 0.3) is 0 Å². The van der Waals surface area contributed by atoms with Gasteiger partial charge in [0.1, 0.15) is 13.1 Å². The molecule has 3 N–H and O–H groups in total. The van der Waals surface area contributed by atoms with E-state index in [1.807, 2.05) is 12.1 Å². The molecule has 2 rings (SSSR count). The molecule has 0 fully saturated rings. The number of hydrogen-bond acceptors (Lipinski definition) is 0. The lowest BCUT2D eigenvalue weighted by Crippen LogP contribution is -3.09. The van der Waals surface area contributed by atoms with Gasteiger partial charge in [-0.1, -0.05) is 54.1 Å². The van der Waals surface area contributed by atoms with Gasteiger partial charge in [0.05, 0.1) is 20.6 Å². The second-order valence-electron chi connectivity index (χ2n) is 6.55. The normalized spacial score (nSPS) is 12.5. The largest absolute Gasteiger partial charge is 0.342 e. The molecule has 3 heteroatoms. The van der Waals surface area contributed by atoms with Crippen molar-refractivity contribution in [2.24, 2.45) is 0 Å². The van der Waals surface area contributed by atoms with E-state index in [4.69, 9.17) is 11.6 Å². The number of halogens is 1. The van der Waals surface area contributed by atoms with E-state index in [2.05, 4.69) is 61.9 Å². The quantitative estimate of drug-likeness (QED) is 0.653. The Hall–Kier alpha value is -1.35. The van der Waals surface area contributed by atoms with E-state index in [-0.39, 0.29) is 0 Å².